The summed E-state index contributed by atoms with van der Waals surface area (Å²) in [6.07, 6.45) is -0.548. The molecule has 2 aromatic rings. The van der Waals surface area contributed by atoms with E-state index in [1.807, 2.05) is 11.4 Å². The Balaban J connectivity index is 1.70. The van der Waals surface area contributed by atoms with Crippen LogP contribution in [0.15, 0.2) is 41.8 Å². The van der Waals surface area contributed by atoms with Gasteiger partial charge in [0.15, 0.2) is 0 Å². The van der Waals surface area contributed by atoms with Gasteiger partial charge in [-0.25, -0.2) is 0 Å². The monoisotopic (exact) mass is 311 g/mol. The third-order valence-corrected chi connectivity index (χ3v) is 4.19. The molecule has 1 unspecified atom stereocenters. The Kier molecular flexibility index (Phi) is 5.86. The molecule has 108 valence electrons. The van der Waals surface area contributed by atoms with E-state index in [0.29, 0.717) is 17.3 Å². The number of aliphatic hydroxyl groups is 1. The molecular weight excluding hydrogens is 294 g/mol. The highest BCUT2D eigenvalue weighted by atomic mass is 35.5. The summed E-state index contributed by atoms with van der Waals surface area (Å²) in [7, 11) is 0. The number of hydrogen-bond acceptors (Lipinski definition) is 4. The third kappa shape index (κ3) is 4.80. The molecule has 0 saturated heterocycles. The topological polar surface area (TPSA) is 41.5 Å². The summed E-state index contributed by atoms with van der Waals surface area (Å²) in [6, 6.07) is 11.5. The highest BCUT2D eigenvalue weighted by Crippen LogP contribution is 2.18. The maximum Gasteiger partial charge on any atom is 0.119 e. The van der Waals surface area contributed by atoms with Gasteiger partial charge in [-0.05, 0) is 42.6 Å². The van der Waals surface area contributed by atoms with Gasteiger partial charge >= 0.3 is 0 Å². The van der Waals surface area contributed by atoms with Crippen LogP contribution in [-0.4, -0.2) is 24.4 Å². The molecule has 0 fully saturated rings. The maximum atomic E-state index is 9.90. The number of benzene rings is 1. The lowest BCUT2D eigenvalue weighted by atomic mass is 10.2. The molecule has 1 heterocycles. The van der Waals surface area contributed by atoms with E-state index in [2.05, 4.69) is 18.3 Å². The maximum absolute atomic E-state index is 9.90. The first kappa shape index (κ1) is 15.3. The van der Waals surface area contributed by atoms with Crippen LogP contribution in [0.4, 0.5) is 0 Å². The van der Waals surface area contributed by atoms with E-state index in [0.717, 1.165) is 0 Å². The van der Waals surface area contributed by atoms with Crippen molar-refractivity contribution in [3.63, 3.8) is 0 Å². The van der Waals surface area contributed by atoms with Crippen molar-refractivity contribution in [1.29, 1.82) is 0 Å². The van der Waals surface area contributed by atoms with E-state index >= 15 is 0 Å². The molecule has 0 bridgehead atoms. The molecule has 0 spiro atoms. The van der Waals surface area contributed by atoms with E-state index in [1.54, 1.807) is 35.6 Å². The van der Waals surface area contributed by atoms with Crippen LogP contribution >= 0.6 is 22.9 Å². The van der Waals surface area contributed by atoms with Crippen LogP contribution in [0.5, 0.6) is 5.75 Å². The summed E-state index contributed by atoms with van der Waals surface area (Å²) in [5.74, 6) is 0.708. The number of halogens is 1. The average molecular weight is 312 g/mol. The Morgan fingerprint density at radius 2 is 2.05 bits per heavy atom. The number of ether oxygens (including phenoxy) is 1. The van der Waals surface area contributed by atoms with Crippen molar-refractivity contribution < 1.29 is 9.84 Å². The third-order valence-electron chi connectivity index (χ3n) is 2.89. The molecule has 2 rings (SSSR count). The van der Waals surface area contributed by atoms with Gasteiger partial charge < -0.3 is 15.2 Å². The first-order valence-corrected chi connectivity index (χ1v) is 7.74. The molecule has 2 N–H and O–H groups in total. The van der Waals surface area contributed by atoms with Crippen molar-refractivity contribution in [3.8, 4) is 5.75 Å². The average Bonchev–Trinajstić information content (AvgIpc) is 2.98. The van der Waals surface area contributed by atoms with Crippen molar-refractivity contribution in [2.75, 3.05) is 13.2 Å². The zero-order valence-electron chi connectivity index (χ0n) is 11.3. The van der Waals surface area contributed by atoms with Gasteiger partial charge in [0, 0.05) is 22.5 Å². The normalized spacial score (nSPS) is 13.9. The summed E-state index contributed by atoms with van der Waals surface area (Å²) >= 11 is 7.50. The van der Waals surface area contributed by atoms with Crippen LogP contribution in [0.25, 0.3) is 0 Å². The Labute approximate surface area is 128 Å². The zero-order chi connectivity index (χ0) is 14.4. The van der Waals surface area contributed by atoms with Crippen molar-refractivity contribution in [3.05, 3.63) is 51.7 Å². The van der Waals surface area contributed by atoms with Crippen molar-refractivity contribution >= 4 is 22.9 Å². The lowest BCUT2D eigenvalue weighted by Gasteiger charge is -2.16. The first-order chi connectivity index (χ1) is 9.65. The minimum atomic E-state index is -0.548. The molecule has 0 aliphatic heterocycles. The Morgan fingerprint density at radius 3 is 2.70 bits per heavy atom. The quantitative estimate of drug-likeness (QED) is 0.822. The predicted octanol–water partition coefficient (Wildman–Crippen LogP) is 3.49. The molecular formula is C15H18ClNO2S. The van der Waals surface area contributed by atoms with Crippen molar-refractivity contribution in [1.82, 2.24) is 5.32 Å². The molecule has 0 saturated carbocycles. The van der Waals surface area contributed by atoms with Crippen LogP contribution in [0.3, 0.4) is 0 Å². The predicted molar refractivity (Wildman–Crippen MR) is 83.7 cm³/mol. The van der Waals surface area contributed by atoms with Crippen LogP contribution in [0.1, 0.15) is 17.8 Å². The number of nitrogens with one attached hydrogen (secondary N) is 1. The van der Waals surface area contributed by atoms with E-state index in [9.17, 15) is 5.11 Å². The molecule has 0 amide bonds. The van der Waals surface area contributed by atoms with Gasteiger partial charge in [0.25, 0.3) is 0 Å². The van der Waals surface area contributed by atoms with Gasteiger partial charge in [-0.15, -0.1) is 11.3 Å². The summed E-state index contributed by atoms with van der Waals surface area (Å²) in [4.78, 5) is 1.26. The zero-order valence-corrected chi connectivity index (χ0v) is 12.8. The van der Waals surface area contributed by atoms with E-state index in [1.165, 1.54) is 4.88 Å². The molecule has 3 nitrogen and oxygen atoms in total. The number of hydrogen-bond donors (Lipinski definition) is 2. The molecule has 2 atom stereocenters. The highest BCUT2D eigenvalue weighted by Gasteiger charge is 2.10. The van der Waals surface area contributed by atoms with Crippen molar-refractivity contribution in [2.45, 2.75) is 19.1 Å². The second-order valence-electron chi connectivity index (χ2n) is 4.56. The fraction of sp³-hybridized carbons (Fsp3) is 0.333. The van der Waals surface area contributed by atoms with E-state index < -0.39 is 6.10 Å². The van der Waals surface area contributed by atoms with Gasteiger partial charge in [-0.2, -0.15) is 0 Å². The van der Waals surface area contributed by atoms with Crippen LogP contribution in [0, 0.1) is 0 Å². The van der Waals surface area contributed by atoms with Crippen LogP contribution in [0.2, 0.25) is 5.02 Å². The van der Waals surface area contributed by atoms with Gasteiger partial charge in [0.1, 0.15) is 18.5 Å². The number of rotatable bonds is 7. The lowest BCUT2D eigenvalue weighted by Crippen LogP contribution is -2.32. The summed E-state index contributed by atoms with van der Waals surface area (Å²) in [6.45, 7) is 2.83. The molecule has 0 radical (unpaired) electrons. The molecule has 0 aliphatic rings. The minimum Gasteiger partial charge on any atom is -0.491 e. The second-order valence-corrected chi connectivity index (χ2v) is 5.98. The van der Waals surface area contributed by atoms with Crippen molar-refractivity contribution in [2.24, 2.45) is 0 Å². The smallest absolute Gasteiger partial charge is 0.119 e. The Bertz CT molecular complexity index is 501. The Morgan fingerprint density at radius 1 is 1.30 bits per heavy atom. The fourth-order valence-corrected chi connectivity index (χ4v) is 2.62. The van der Waals surface area contributed by atoms with Crippen LogP contribution in [-0.2, 0) is 0 Å². The molecule has 0 aliphatic carbocycles. The number of thiophene rings is 1. The molecule has 20 heavy (non-hydrogen) atoms. The molecule has 1 aromatic carbocycles. The summed E-state index contributed by atoms with van der Waals surface area (Å²) in [5.41, 5.74) is 0. The summed E-state index contributed by atoms with van der Waals surface area (Å²) < 4.78 is 5.50. The first-order valence-electron chi connectivity index (χ1n) is 6.48. The summed E-state index contributed by atoms with van der Waals surface area (Å²) in [5, 5.41) is 15.9. The molecule has 1 aromatic heterocycles. The van der Waals surface area contributed by atoms with Gasteiger partial charge in [-0.3, -0.25) is 0 Å². The second kappa shape index (κ2) is 7.64. The van der Waals surface area contributed by atoms with Gasteiger partial charge in [-0.1, -0.05) is 17.7 Å². The molecule has 5 heteroatoms. The minimum absolute atomic E-state index is 0.236. The van der Waals surface area contributed by atoms with Gasteiger partial charge in [0.05, 0.1) is 0 Å². The lowest BCUT2D eigenvalue weighted by molar-refractivity contribution is 0.104. The largest absolute Gasteiger partial charge is 0.491 e. The van der Waals surface area contributed by atoms with E-state index in [-0.39, 0.29) is 12.6 Å². The van der Waals surface area contributed by atoms with E-state index in [4.69, 9.17) is 16.3 Å². The SMILES string of the molecule is C[C@@H](NCC(O)COc1ccc(Cl)cc1)c1cccs1. The standard InChI is InChI=1S/C15H18ClNO2S/c1-11(15-3-2-8-20-15)17-9-13(18)10-19-14-6-4-12(16)5-7-14/h2-8,11,13,17-18H,9-10H2,1H3/t11-,13?/m1/s1. The van der Waals surface area contributed by atoms with Gasteiger partial charge in [0.2, 0.25) is 0 Å². The Hall–Kier alpha value is -1.07. The highest BCUT2D eigenvalue weighted by molar-refractivity contribution is 7.10. The van der Waals surface area contributed by atoms with Crippen LogP contribution < -0.4 is 10.1 Å². The fourth-order valence-electron chi connectivity index (χ4n) is 1.73. The number of aliphatic hydroxyl groups excluding tert-OH is 1.